The molecule has 3 aromatic carbocycles. The monoisotopic (exact) mass is 418 g/mol. The van der Waals surface area contributed by atoms with Crippen LogP contribution in [-0.4, -0.2) is 29.5 Å². The first-order chi connectivity index (χ1) is 14.8. The number of carbonyl (C=O) groups excluding carboxylic acids is 2. The van der Waals surface area contributed by atoms with Crippen molar-refractivity contribution >= 4 is 29.2 Å². The summed E-state index contributed by atoms with van der Waals surface area (Å²) in [6, 6.07) is 18.1. The number of para-hydroxylation sites is 1. The molecule has 0 fully saturated rings. The second kappa shape index (κ2) is 9.58. The third-order valence-electron chi connectivity index (χ3n) is 4.54. The molecule has 0 atom stereocenters. The van der Waals surface area contributed by atoms with Gasteiger partial charge in [-0.2, -0.15) is 0 Å². The third kappa shape index (κ3) is 5.70. The minimum absolute atomic E-state index is 0.120. The van der Waals surface area contributed by atoms with Crippen molar-refractivity contribution in [2.45, 2.75) is 13.8 Å². The Labute approximate surface area is 179 Å². The molecule has 7 nitrogen and oxygen atoms in total. The molecule has 0 aliphatic rings. The summed E-state index contributed by atoms with van der Waals surface area (Å²) in [5, 5.41) is 14.4. The fourth-order valence-corrected chi connectivity index (χ4v) is 2.88. The molecule has 0 aliphatic heterocycles. The molecule has 0 radical (unpaired) electrons. The number of anilines is 2. The van der Waals surface area contributed by atoms with Crippen molar-refractivity contribution in [3.05, 3.63) is 89.0 Å². The van der Waals surface area contributed by atoms with Gasteiger partial charge in [0, 0.05) is 5.69 Å². The Morgan fingerprint density at radius 3 is 2.32 bits per heavy atom. The number of benzene rings is 3. The lowest BCUT2D eigenvalue weighted by Crippen LogP contribution is -2.23. The average Bonchev–Trinajstić information content (AvgIpc) is 2.75. The minimum atomic E-state index is -1.05. The number of rotatable bonds is 7. The van der Waals surface area contributed by atoms with E-state index in [2.05, 4.69) is 10.6 Å². The first-order valence-electron chi connectivity index (χ1n) is 9.57. The predicted molar refractivity (Wildman–Crippen MR) is 118 cm³/mol. The first kappa shape index (κ1) is 21.6. The fraction of sp³-hybridized carbons (Fsp3) is 0.125. The second-order valence-electron chi connectivity index (χ2n) is 6.99. The van der Waals surface area contributed by atoms with E-state index in [-0.39, 0.29) is 17.7 Å². The van der Waals surface area contributed by atoms with Crippen LogP contribution in [0.2, 0.25) is 0 Å². The van der Waals surface area contributed by atoms with E-state index in [0.29, 0.717) is 17.1 Å². The Kier molecular flexibility index (Phi) is 6.67. The molecule has 0 bridgehead atoms. The van der Waals surface area contributed by atoms with Gasteiger partial charge in [0.25, 0.3) is 11.8 Å². The van der Waals surface area contributed by atoms with Gasteiger partial charge in [0.15, 0.2) is 6.61 Å². The van der Waals surface area contributed by atoms with Crippen LogP contribution in [0.4, 0.5) is 11.4 Å². The summed E-state index contributed by atoms with van der Waals surface area (Å²) in [6.07, 6.45) is 0. The van der Waals surface area contributed by atoms with Crippen LogP contribution < -0.4 is 15.4 Å². The Morgan fingerprint density at radius 1 is 0.903 bits per heavy atom. The highest BCUT2D eigenvalue weighted by Gasteiger charge is 2.14. The van der Waals surface area contributed by atoms with Gasteiger partial charge in [0.05, 0.1) is 16.8 Å². The molecule has 3 N–H and O–H groups in total. The molecule has 0 aromatic heterocycles. The SMILES string of the molecule is Cc1ccc(C)c(OCC(=O)Nc2ccccc2C(=O)Nc2ccc(C(=O)O)cc2)c1. The molecule has 158 valence electrons. The molecule has 7 heteroatoms. The number of hydrogen-bond acceptors (Lipinski definition) is 4. The highest BCUT2D eigenvalue weighted by atomic mass is 16.5. The third-order valence-corrected chi connectivity index (χ3v) is 4.54. The number of carboxylic acid groups (broad SMARTS) is 1. The van der Waals surface area contributed by atoms with E-state index < -0.39 is 17.8 Å². The molecule has 0 saturated heterocycles. The summed E-state index contributed by atoms with van der Waals surface area (Å²) in [6.45, 7) is 3.64. The Morgan fingerprint density at radius 2 is 1.61 bits per heavy atom. The van der Waals surface area contributed by atoms with Gasteiger partial charge in [-0.15, -0.1) is 0 Å². The maximum Gasteiger partial charge on any atom is 0.335 e. The zero-order valence-electron chi connectivity index (χ0n) is 17.1. The maximum atomic E-state index is 12.7. The van der Waals surface area contributed by atoms with Gasteiger partial charge in [-0.05, 0) is 67.4 Å². The molecule has 2 amide bonds. The van der Waals surface area contributed by atoms with Gasteiger partial charge in [-0.3, -0.25) is 9.59 Å². The Hall–Kier alpha value is -4.13. The highest BCUT2D eigenvalue weighted by Crippen LogP contribution is 2.20. The molecular weight excluding hydrogens is 396 g/mol. The van der Waals surface area contributed by atoms with E-state index in [4.69, 9.17) is 9.84 Å². The molecule has 3 rings (SSSR count). The molecule has 0 spiro atoms. The van der Waals surface area contributed by atoms with Gasteiger partial charge >= 0.3 is 5.97 Å². The number of ether oxygens (including phenoxy) is 1. The summed E-state index contributed by atoms with van der Waals surface area (Å²) in [7, 11) is 0. The van der Waals surface area contributed by atoms with Crippen molar-refractivity contribution in [2.24, 2.45) is 0 Å². The topological polar surface area (TPSA) is 105 Å². The molecule has 0 saturated carbocycles. The van der Waals surface area contributed by atoms with E-state index in [9.17, 15) is 14.4 Å². The number of amides is 2. The van der Waals surface area contributed by atoms with Gasteiger partial charge in [-0.1, -0.05) is 24.3 Å². The van der Waals surface area contributed by atoms with Crippen LogP contribution in [0.5, 0.6) is 5.75 Å². The molecular formula is C24H22N2O5. The standard InChI is InChI=1S/C24H22N2O5/c1-15-7-8-16(2)21(13-15)31-14-22(27)26-20-6-4-3-5-19(20)23(28)25-18-11-9-17(10-12-18)24(29)30/h3-13H,14H2,1-2H3,(H,25,28)(H,26,27)(H,29,30). The van der Waals surface area contributed by atoms with Crippen molar-refractivity contribution in [1.82, 2.24) is 0 Å². The number of nitrogens with one attached hydrogen (secondary N) is 2. The van der Waals surface area contributed by atoms with Crippen molar-refractivity contribution in [1.29, 1.82) is 0 Å². The molecule has 0 heterocycles. The number of carbonyl (C=O) groups is 3. The molecule has 3 aromatic rings. The van der Waals surface area contributed by atoms with E-state index >= 15 is 0 Å². The van der Waals surface area contributed by atoms with Crippen molar-refractivity contribution in [2.75, 3.05) is 17.2 Å². The molecule has 0 aliphatic carbocycles. The van der Waals surface area contributed by atoms with Crippen molar-refractivity contribution in [3.8, 4) is 5.75 Å². The Bertz CT molecular complexity index is 1120. The van der Waals surface area contributed by atoms with E-state index in [1.54, 1.807) is 24.3 Å². The largest absolute Gasteiger partial charge is 0.483 e. The second-order valence-corrected chi connectivity index (χ2v) is 6.99. The summed E-state index contributed by atoms with van der Waals surface area (Å²) in [4.78, 5) is 36.0. The van der Waals surface area contributed by atoms with Crippen LogP contribution in [0.3, 0.4) is 0 Å². The number of hydrogen-bond donors (Lipinski definition) is 3. The molecule has 31 heavy (non-hydrogen) atoms. The maximum absolute atomic E-state index is 12.7. The van der Waals surface area contributed by atoms with Gasteiger partial charge in [0.1, 0.15) is 5.75 Å². The normalized spacial score (nSPS) is 10.3. The van der Waals surface area contributed by atoms with Crippen LogP contribution in [0.15, 0.2) is 66.7 Å². The lowest BCUT2D eigenvalue weighted by molar-refractivity contribution is -0.118. The minimum Gasteiger partial charge on any atom is -0.483 e. The van der Waals surface area contributed by atoms with Gasteiger partial charge in [-0.25, -0.2) is 4.79 Å². The highest BCUT2D eigenvalue weighted by molar-refractivity contribution is 6.10. The zero-order chi connectivity index (χ0) is 22.4. The van der Waals surface area contributed by atoms with E-state index in [1.165, 1.54) is 24.3 Å². The quantitative estimate of drug-likeness (QED) is 0.531. The summed E-state index contributed by atoms with van der Waals surface area (Å²) < 4.78 is 5.62. The number of aryl methyl sites for hydroxylation is 2. The van der Waals surface area contributed by atoms with E-state index in [1.807, 2.05) is 32.0 Å². The zero-order valence-corrected chi connectivity index (χ0v) is 17.1. The van der Waals surface area contributed by atoms with Crippen LogP contribution in [-0.2, 0) is 4.79 Å². The number of carboxylic acids is 1. The van der Waals surface area contributed by atoms with Gasteiger partial charge in [0.2, 0.25) is 0 Å². The summed E-state index contributed by atoms with van der Waals surface area (Å²) >= 11 is 0. The van der Waals surface area contributed by atoms with Crippen LogP contribution in [0, 0.1) is 13.8 Å². The van der Waals surface area contributed by atoms with Crippen LogP contribution in [0.25, 0.3) is 0 Å². The van der Waals surface area contributed by atoms with Crippen LogP contribution >= 0.6 is 0 Å². The first-order valence-corrected chi connectivity index (χ1v) is 9.57. The number of aromatic carboxylic acids is 1. The average molecular weight is 418 g/mol. The summed E-state index contributed by atoms with van der Waals surface area (Å²) in [5.41, 5.74) is 3.12. The smallest absolute Gasteiger partial charge is 0.335 e. The Balaban J connectivity index is 1.66. The lowest BCUT2D eigenvalue weighted by atomic mass is 10.1. The van der Waals surface area contributed by atoms with Crippen molar-refractivity contribution < 1.29 is 24.2 Å². The van der Waals surface area contributed by atoms with Gasteiger partial charge < -0.3 is 20.5 Å². The predicted octanol–water partition coefficient (Wildman–Crippen LogP) is 4.27. The molecule has 0 unspecified atom stereocenters. The van der Waals surface area contributed by atoms with E-state index in [0.717, 1.165) is 11.1 Å². The summed E-state index contributed by atoms with van der Waals surface area (Å²) in [5.74, 6) is -1.25. The lowest BCUT2D eigenvalue weighted by Gasteiger charge is -2.13. The fourth-order valence-electron chi connectivity index (χ4n) is 2.88. The van der Waals surface area contributed by atoms with Crippen LogP contribution in [0.1, 0.15) is 31.8 Å². The van der Waals surface area contributed by atoms with Crippen molar-refractivity contribution in [3.63, 3.8) is 0 Å².